The van der Waals surface area contributed by atoms with Gasteiger partial charge in [0.05, 0.1) is 5.69 Å². The van der Waals surface area contributed by atoms with Crippen molar-refractivity contribution in [2.75, 3.05) is 18.8 Å². The zero-order chi connectivity index (χ0) is 16.9. The van der Waals surface area contributed by atoms with Gasteiger partial charge in [0, 0.05) is 31.0 Å². The fourth-order valence-corrected chi connectivity index (χ4v) is 2.93. The molecule has 0 unspecified atom stereocenters. The first-order chi connectivity index (χ1) is 11.6. The Labute approximate surface area is 140 Å². The number of aromatic nitrogens is 1. The van der Waals surface area contributed by atoms with Crippen LogP contribution in [0.5, 0.6) is 5.75 Å². The Morgan fingerprint density at radius 2 is 2.08 bits per heavy atom. The van der Waals surface area contributed by atoms with Crippen molar-refractivity contribution in [3.8, 4) is 5.75 Å². The van der Waals surface area contributed by atoms with E-state index in [1.54, 1.807) is 6.07 Å². The number of ether oxygens (including phenoxy) is 1. The second kappa shape index (κ2) is 7.21. The van der Waals surface area contributed by atoms with E-state index in [0.29, 0.717) is 31.3 Å². The maximum Gasteiger partial charge on any atom is 0.407 e. The molecule has 1 fully saturated rings. The maximum absolute atomic E-state index is 10.9. The average Bonchev–Trinajstić information content (AvgIpc) is 2.61. The first-order valence-electron chi connectivity index (χ1n) is 8.03. The van der Waals surface area contributed by atoms with Gasteiger partial charge in [-0.2, -0.15) is 0 Å². The highest BCUT2D eigenvalue weighted by Gasteiger charge is 2.23. The Kier molecular flexibility index (Phi) is 4.84. The normalized spacial score (nSPS) is 15.2. The summed E-state index contributed by atoms with van der Waals surface area (Å²) >= 11 is 0. The number of amides is 1. The topological polar surface area (TPSA) is 88.7 Å². The Morgan fingerprint density at radius 3 is 2.71 bits per heavy atom. The lowest BCUT2D eigenvalue weighted by Crippen LogP contribution is -2.36. The summed E-state index contributed by atoms with van der Waals surface area (Å²) in [5, 5.41) is 8.99. The highest BCUT2D eigenvalue weighted by molar-refractivity contribution is 5.65. The molecule has 0 saturated carbocycles. The number of nitrogens with two attached hydrogens (primary N) is 1. The predicted molar refractivity (Wildman–Crippen MR) is 91.0 cm³/mol. The van der Waals surface area contributed by atoms with Crippen molar-refractivity contribution in [3.63, 3.8) is 0 Å². The van der Waals surface area contributed by atoms with E-state index in [2.05, 4.69) is 11.1 Å². The molecule has 126 valence electrons. The molecule has 3 N–H and O–H groups in total. The summed E-state index contributed by atoms with van der Waals surface area (Å²) in [6, 6.07) is 11.3. The molecule has 1 amide bonds. The number of carbonyl (C=O) groups is 1. The minimum absolute atomic E-state index is 0.372. The van der Waals surface area contributed by atoms with E-state index >= 15 is 0 Å². The van der Waals surface area contributed by atoms with Crippen molar-refractivity contribution in [3.05, 3.63) is 53.9 Å². The van der Waals surface area contributed by atoms with E-state index in [9.17, 15) is 4.79 Å². The van der Waals surface area contributed by atoms with Gasteiger partial charge in [0.25, 0.3) is 0 Å². The minimum Gasteiger partial charge on any atom is -0.487 e. The lowest BCUT2D eigenvalue weighted by molar-refractivity contribution is 0.132. The van der Waals surface area contributed by atoms with Gasteiger partial charge in [0.15, 0.2) is 0 Å². The minimum atomic E-state index is -0.833. The summed E-state index contributed by atoms with van der Waals surface area (Å²) in [6.45, 7) is 1.56. The van der Waals surface area contributed by atoms with Crippen molar-refractivity contribution in [1.82, 2.24) is 9.88 Å². The van der Waals surface area contributed by atoms with E-state index in [4.69, 9.17) is 15.6 Å². The summed E-state index contributed by atoms with van der Waals surface area (Å²) < 4.78 is 5.68. The van der Waals surface area contributed by atoms with Gasteiger partial charge in [-0.3, -0.25) is 4.98 Å². The fourth-order valence-electron chi connectivity index (χ4n) is 2.93. The van der Waals surface area contributed by atoms with Crippen LogP contribution in [-0.4, -0.2) is 34.2 Å². The van der Waals surface area contributed by atoms with Crippen LogP contribution < -0.4 is 10.5 Å². The molecule has 6 heteroatoms. The SMILES string of the molecule is Nc1cccc(OCc2ccc(C3CCN(C(=O)O)CC3)cn2)c1. The van der Waals surface area contributed by atoms with Crippen molar-refractivity contribution < 1.29 is 14.6 Å². The van der Waals surface area contributed by atoms with Crippen LogP contribution in [0.15, 0.2) is 42.6 Å². The molecule has 1 aromatic heterocycles. The number of carboxylic acid groups (broad SMARTS) is 1. The second-order valence-electron chi connectivity index (χ2n) is 5.99. The third kappa shape index (κ3) is 3.95. The Bertz CT molecular complexity index is 695. The first-order valence-corrected chi connectivity index (χ1v) is 8.03. The number of hydrogen-bond donors (Lipinski definition) is 2. The van der Waals surface area contributed by atoms with Gasteiger partial charge in [-0.1, -0.05) is 12.1 Å². The predicted octanol–water partition coefficient (Wildman–Crippen LogP) is 3.10. The summed E-state index contributed by atoms with van der Waals surface area (Å²) in [7, 11) is 0. The number of hydrogen-bond acceptors (Lipinski definition) is 4. The molecule has 6 nitrogen and oxygen atoms in total. The van der Waals surface area contributed by atoms with Crippen LogP contribution >= 0.6 is 0 Å². The Balaban J connectivity index is 1.55. The largest absolute Gasteiger partial charge is 0.487 e. The van der Waals surface area contributed by atoms with Gasteiger partial charge in [0.2, 0.25) is 0 Å². The molecule has 1 aromatic carbocycles. The van der Waals surface area contributed by atoms with Crippen LogP contribution in [-0.2, 0) is 6.61 Å². The van der Waals surface area contributed by atoms with Gasteiger partial charge in [-0.25, -0.2) is 4.79 Å². The van der Waals surface area contributed by atoms with E-state index in [0.717, 1.165) is 29.8 Å². The zero-order valence-corrected chi connectivity index (χ0v) is 13.4. The molecule has 0 bridgehead atoms. The smallest absolute Gasteiger partial charge is 0.407 e. The molecule has 0 aliphatic carbocycles. The number of anilines is 1. The van der Waals surface area contributed by atoms with Gasteiger partial charge in [-0.05, 0) is 42.5 Å². The number of likely N-dealkylation sites (tertiary alicyclic amines) is 1. The van der Waals surface area contributed by atoms with Crippen molar-refractivity contribution in [1.29, 1.82) is 0 Å². The molecule has 0 spiro atoms. The maximum atomic E-state index is 10.9. The summed E-state index contributed by atoms with van der Waals surface area (Å²) in [5.41, 5.74) is 8.40. The van der Waals surface area contributed by atoms with Crippen LogP contribution in [0.1, 0.15) is 30.0 Å². The van der Waals surface area contributed by atoms with Crippen LogP contribution in [0.25, 0.3) is 0 Å². The lowest BCUT2D eigenvalue weighted by atomic mass is 9.90. The first kappa shape index (κ1) is 16.1. The summed E-state index contributed by atoms with van der Waals surface area (Å²) in [5.74, 6) is 1.10. The van der Waals surface area contributed by atoms with E-state index in [1.807, 2.05) is 30.5 Å². The second-order valence-corrected chi connectivity index (χ2v) is 5.99. The molecule has 0 radical (unpaired) electrons. The van der Waals surface area contributed by atoms with Crippen LogP contribution in [0, 0.1) is 0 Å². The van der Waals surface area contributed by atoms with E-state index in [-0.39, 0.29) is 0 Å². The van der Waals surface area contributed by atoms with Crippen LogP contribution in [0.2, 0.25) is 0 Å². The molecular weight excluding hydrogens is 306 g/mol. The quantitative estimate of drug-likeness (QED) is 0.842. The molecule has 3 rings (SSSR count). The molecule has 1 saturated heterocycles. The highest BCUT2D eigenvalue weighted by atomic mass is 16.5. The van der Waals surface area contributed by atoms with Crippen LogP contribution in [0.3, 0.4) is 0 Å². The zero-order valence-electron chi connectivity index (χ0n) is 13.4. The molecule has 1 aliphatic rings. The number of pyridine rings is 1. The average molecular weight is 327 g/mol. The Hall–Kier alpha value is -2.76. The molecular formula is C18H21N3O3. The molecule has 1 aliphatic heterocycles. The van der Waals surface area contributed by atoms with E-state index < -0.39 is 6.09 Å². The van der Waals surface area contributed by atoms with Crippen LogP contribution in [0.4, 0.5) is 10.5 Å². The van der Waals surface area contributed by atoms with Crippen molar-refractivity contribution >= 4 is 11.8 Å². The van der Waals surface area contributed by atoms with Crippen molar-refractivity contribution in [2.24, 2.45) is 0 Å². The molecule has 2 aromatic rings. The number of piperidine rings is 1. The van der Waals surface area contributed by atoms with Gasteiger partial charge >= 0.3 is 6.09 Å². The summed E-state index contributed by atoms with van der Waals surface area (Å²) in [6.07, 6.45) is 2.72. The third-order valence-electron chi connectivity index (χ3n) is 4.33. The number of benzene rings is 1. The van der Waals surface area contributed by atoms with Gasteiger partial charge < -0.3 is 20.5 Å². The van der Waals surface area contributed by atoms with Gasteiger partial charge in [0.1, 0.15) is 12.4 Å². The molecule has 24 heavy (non-hydrogen) atoms. The third-order valence-corrected chi connectivity index (χ3v) is 4.33. The molecule has 0 atom stereocenters. The van der Waals surface area contributed by atoms with Crippen molar-refractivity contribution in [2.45, 2.75) is 25.4 Å². The number of rotatable bonds is 4. The number of nitrogen functional groups attached to an aromatic ring is 1. The van der Waals surface area contributed by atoms with E-state index in [1.165, 1.54) is 4.90 Å². The van der Waals surface area contributed by atoms with Gasteiger partial charge in [-0.15, -0.1) is 0 Å². The standard InChI is InChI=1S/C18H21N3O3/c19-15-2-1-3-17(10-15)24-12-16-5-4-14(11-20-16)13-6-8-21(9-7-13)18(22)23/h1-5,10-11,13H,6-9,12,19H2,(H,22,23). The lowest BCUT2D eigenvalue weighted by Gasteiger charge is -2.30. The number of nitrogens with zero attached hydrogens (tertiary/aromatic N) is 2. The monoisotopic (exact) mass is 327 g/mol. The highest BCUT2D eigenvalue weighted by Crippen LogP contribution is 2.27. The molecule has 2 heterocycles. The summed E-state index contributed by atoms with van der Waals surface area (Å²) in [4.78, 5) is 16.9. The Morgan fingerprint density at radius 1 is 1.29 bits per heavy atom. The fraction of sp³-hybridized carbons (Fsp3) is 0.333.